The topological polar surface area (TPSA) is 92.5 Å². The molecule has 1 atom stereocenters. The molecule has 134 valence electrons. The minimum atomic E-state index is -0.470. The summed E-state index contributed by atoms with van der Waals surface area (Å²) in [5, 5.41) is 2.83. The van der Waals surface area contributed by atoms with E-state index in [1.54, 1.807) is 29.2 Å². The van der Waals surface area contributed by atoms with E-state index in [1.165, 1.54) is 0 Å². The van der Waals surface area contributed by atoms with Crippen molar-refractivity contribution < 1.29 is 14.4 Å². The van der Waals surface area contributed by atoms with Gasteiger partial charge in [0.15, 0.2) is 0 Å². The Bertz CT molecular complexity index is 869. The molecule has 1 aliphatic heterocycles. The molecule has 1 unspecified atom stereocenters. The van der Waals surface area contributed by atoms with Crippen molar-refractivity contribution in [2.75, 3.05) is 16.8 Å². The highest BCUT2D eigenvalue weighted by atomic mass is 79.9. The van der Waals surface area contributed by atoms with Gasteiger partial charge in [-0.25, -0.2) is 0 Å². The third-order valence-corrected chi connectivity index (χ3v) is 4.95. The number of benzene rings is 2. The highest BCUT2D eigenvalue weighted by molar-refractivity contribution is 9.10. The lowest BCUT2D eigenvalue weighted by Crippen LogP contribution is -2.28. The molecule has 0 aliphatic carbocycles. The van der Waals surface area contributed by atoms with E-state index in [0.717, 1.165) is 10.2 Å². The minimum absolute atomic E-state index is 0.0448. The first-order valence-corrected chi connectivity index (χ1v) is 8.97. The summed E-state index contributed by atoms with van der Waals surface area (Å²) in [6.45, 7) is 0.311. The smallest absolute Gasteiger partial charge is 0.229 e. The van der Waals surface area contributed by atoms with Crippen LogP contribution in [0.25, 0.3) is 0 Å². The fourth-order valence-corrected chi connectivity index (χ4v) is 3.50. The Kier molecular flexibility index (Phi) is 5.37. The van der Waals surface area contributed by atoms with Crippen LogP contribution in [-0.4, -0.2) is 24.3 Å². The summed E-state index contributed by atoms with van der Waals surface area (Å²) < 4.78 is 0.807. The van der Waals surface area contributed by atoms with Crippen molar-refractivity contribution in [1.29, 1.82) is 0 Å². The average Bonchev–Trinajstić information content (AvgIpc) is 2.98. The van der Waals surface area contributed by atoms with Gasteiger partial charge in [-0.1, -0.05) is 30.3 Å². The summed E-state index contributed by atoms with van der Waals surface area (Å²) in [5.41, 5.74) is 7.20. The van der Waals surface area contributed by atoms with Gasteiger partial charge in [0.05, 0.1) is 18.0 Å². The van der Waals surface area contributed by atoms with Crippen LogP contribution >= 0.6 is 15.9 Å². The predicted octanol–water partition coefficient (Wildman–Crippen LogP) is 2.47. The Morgan fingerprint density at radius 3 is 2.58 bits per heavy atom. The number of nitrogens with zero attached hydrogens (tertiary/aromatic N) is 1. The Hall–Kier alpha value is -2.67. The van der Waals surface area contributed by atoms with E-state index in [9.17, 15) is 14.4 Å². The van der Waals surface area contributed by atoms with E-state index in [0.29, 0.717) is 17.8 Å². The normalized spacial score (nSPS) is 16.6. The van der Waals surface area contributed by atoms with Crippen molar-refractivity contribution in [3.63, 3.8) is 0 Å². The average molecular weight is 416 g/mol. The molecule has 6 nitrogen and oxygen atoms in total. The van der Waals surface area contributed by atoms with Crippen LogP contribution in [0.5, 0.6) is 0 Å². The number of carbonyl (C=O) groups is 3. The van der Waals surface area contributed by atoms with Crippen LogP contribution in [0.3, 0.4) is 0 Å². The van der Waals surface area contributed by atoms with Crippen LogP contribution < -0.4 is 16.0 Å². The molecule has 3 rings (SSSR count). The zero-order chi connectivity index (χ0) is 18.7. The molecule has 7 heteroatoms. The first-order valence-electron chi connectivity index (χ1n) is 8.17. The number of para-hydroxylation sites is 2. The van der Waals surface area contributed by atoms with Gasteiger partial charge in [-0.05, 0) is 39.7 Å². The van der Waals surface area contributed by atoms with Crippen LogP contribution in [0.1, 0.15) is 12.0 Å². The number of hydrogen-bond acceptors (Lipinski definition) is 3. The molecule has 0 spiro atoms. The van der Waals surface area contributed by atoms with Gasteiger partial charge in [-0.3, -0.25) is 14.4 Å². The molecule has 2 aromatic rings. The standard InChI is InChI=1S/C19H18BrN3O3/c20-14-6-2-4-8-16(14)23-11-13(10-18(23)25)19(26)22-15-7-3-1-5-12(15)9-17(21)24/h1-8,13H,9-11H2,(H2,21,24)(H,22,26). The fourth-order valence-electron chi connectivity index (χ4n) is 3.01. The van der Waals surface area contributed by atoms with Crippen molar-refractivity contribution in [3.8, 4) is 0 Å². The summed E-state index contributed by atoms with van der Waals surface area (Å²) in [7, 11) is 0. The predicted molar refractivity (Wildman–Crippen MR) is 103 cm³/mol. The van der Waals surface area contributed by atoms with Gasteiger partial charge in [-0.15, -0.1) is 0 Å². The lowest BCUT2D eigenvalue weighted by Gasteiger charge is -2.18. The second-order valence-electron chi connectivity index (χ2n) is 6.15. The van der Waals surface area contributed by atoms with Crippen molar-refractivity contribution in [3.05, 3.63) is 58.6 Å². The number of nitrogens with one attached hydrogen (secondary N) is 1. The summed E-state index contributed by atoms with van der Waals surface area (Å²) >= 11 is 3.44. The molecule has 26 heavy (non-hydrogen) atoms. The maximum atomic E-state index is 12.6. The number of carbonyl (C=O) groups excluding carboxylic acids is 3. The highest BCUT2D eigenvalue weighted by Gasteiger charge is 2.36. The number of rotatable bonds is 5. The quantitative estimate of drug-likeness (QED) is 0.785. The molecule has 0 saturated carbocycles. The first-order chi connectivity index (χ1) is 12.5. The molecule has 0 aromatic heterocycles. The van der Waals surface area contributed by atoms with E-state index < -0.39 is 11.8 Å². The van der Waals surface area contributed by atoms with E-state index in [2.05, 4.69) is 21.2 Å². The molecule has 3 amide bonds. The summed E-state index contributed by atoms with van der Waals surface area (Å²) in [5.74, 6) is -1.27. The maximum absolute atomic E-state index is 12.6. The zero-order valence-electron chi connectivity index (χ0n) is 13.9. The molecule has 0 radical (unpaired) electrons. The van der Waals surface area contributed by atoms with Gasteiger partial charge >= 0.3 is 0 Å². The summed E-state index contributed by atoms with van der Waals surface area (Å²) in [6, 6.07) is 14.4. The van der Waals surface area contributed by atoms with Gasteiger partial charge in [0.1, 0.15) is 0 Å². The van der Waals surface area contributed by atoms with Crippen molar-refractivity contribution in [1.82, 2.24) is 0 Å². The largest absolute Gasteiger partial charge is 0.369 e. The van der Waals surface area contributed by atoms with Crippen LogP contribution in [0.15, 0.2) is 53.0 Å². The Morgan fingerprint density at radius 1 is 1.15 bits per heavy atom. The Morgan fingerprint density at radius 2 is 1.85 bits per heavy atom. The van der Waals surface area contributed by atoms with E-state index in [-0.39, 0.29) is 24.7 Å². The van der Waals surface area contributed by atoms with Crippen LogP contribution in [-0.2, 0) is 20.8 Å². The minimum Gasteiger partial charge on any atom is -0.369 e. The Balaban J connectivity index is 1.73. The molecule has 1 fully saturated rings. The summed E-state index contributed by atoms with van der Waals surface area (Å²) in [4.78, 5) is 37.8. The number of amides is 3. The van der Waals surface area contributed by atoms with Gasteiger partial charge in [0, 0.05) is 23.1 Å². The molecule has 1 aliphatic rings. The number of halogens is 1. The maximum Gasteiger partial charge on any atom is 0.229 e. The van der Waals surface area contributed by atoms with E-state index in [4.69, 9.17) is 5.73 Å². The number of anilines is 2. The molecule has 1 saturated heterocycles. The molecule has 1 heterocycles. The number of nitrogens with two attached hydrogens (primary N) is 1. The van der Waals surface area contributed by atoms with Crippen LogP contribution in [0, 0.1) is 5.92 Å². The number of primary amides is 1. The van der Waals surface area contributed by atoms with Crippen molar-refractivity contribution in [2.45, 2.75) is 12.8 Å². The highest BCUT2D eigenvalue weighted by Crippen LogP contribution is 2.31. The first kappa shape index (κ1) is 18.1. The molecular formula is C19H18BrN3O3. The molecule has 2 aromatic carbocycles. The van der Waals surface area contributed by atoms with E-state index >= 15 is 0 Å². The van der Waals surface area contributed by atoms with Crippen molar-refractivity contribution in [2.24, 2.45) is 11.7 Å². The monoisotopic (exact) mass is 415 g/mol. The third-order valence-electron chi connectivity index (χ3n) is 4.28. The summed E-state index contributed by atoms with van der Waals surface area (Å²) in [6.07, 6.45) is 0.189. The van der Waals surface area contributed by atoms with Crippen LogP contribution in [0.2, 0.25) is 0 Å². The van der Waals surface area contributed by atoms with Crippen molar-refractivity contribution >= 4 is 45.0 Å². The second-order valence-corrected chi connectivity index (χ2v) is 7.00. The van der Waals surface area contributed by atoms with Gasteiger partial charge in [-0.2, -0.15) is 0 Å². The third kappa shape index (κ3) is 3.94. The fraction of sp³-hybridized carbons (Fsp3) is 0.211. The number of hydrogen-bond donors (Lipinski definition) is 2. The second kappa shape index (κ2) is 7.70. The lowest BCUT2D eigenvalue weighted by molar-refractivity contribution is -0.122. The SMILES string of the molecule is NC(=O)Cc1ccccc1NC(=O)C1CC(=O)N(c2ccccc2Br)C1. The molecular weight excluding hydrogens is 398 g/mol. The molecule has 0 bridgehead atoms. The Labute approximate surface area is 159 Å². The van der Waals surface area contributed by atoms with E-state index in [1.807, 2.05) is 24.3 Å². The zero-order valence-corrected chi connectivity index (χ0v) is 15.5. The van der Waals surface area contributed by atoms with Crippen LogP contribution in [0.4, 0.5) is 11.4 Å². The van der Waals surface area contributed by atoms with Gasteiger partial charge in [0.2, 0.25) is 17.7 Å². The van der Waals surface area contributed by atoms with Gasteiger partial charge in [0.25, 0.3) is 0 Å². The molecule has 3 N–H and O–H groups in total. The lowest BCUT2D eigenvalue weighted by atomic mass is 10.1. The van der Waals surface area contributed by atoms with Gasteiger partial charge < -0.3 is 16.0 Å².